The minimum atomic E-state index is -0.949. The quantitative estimate of drug-likeness (QED) is 0.537. The maximum Gasteiger partial charge on any atom is 0.328 e. The van der Waals surface area contributed by atoms with Crippen molar-refractivity contribution in [3.8, 4) is 11.5 Å². The van der Waals surface area contributed by atoms with Gasteiger partial charge in [0.1, 0.15) is 12.1 Å². The van der Waals surface area contributed by atoms with Gasteiger partial charge in [-0.25, -0.2) is 9.78 Å². The smallest absolute Gasteiger partial charge is 0.328 e. The number of aromatic hydroxyl groups is 1. The van der Waals surface area contributed by atoms with E-state index in [2.05, 4.69) is 10.3 Å². The second kappa shape index (κ2) is 9.26. The average Bonchev–Trinajstić information content (AvgIpc) is 3.15. The summed E-state index contributed by atoms with van der Waals surface area (Å²) >= 11 is 6.05. The molecule has 0 fully saturated rings. The highest BCUT2D eigenvalue weighted by atomic mass is 35.5. The molecule has 0 aliphatic rings. The van der Waals surface area contributed by atoms with Crippen molar-refractivity contribution in [2.75, 3.05) is 7.11 Å². The van der Waals surface area contributed by atoms with Gasteiger partial charge in [0.05, 0.1) is 13.2 Å². The van der Waals surface area contributed by atoms with Crippen molar-refractivity contribution < 1.29 is 24.2 Å². The molecule has 2 N–H and O–H groups in total. The molecule has 1 aromatic carbocycles. The zero-order valence-electron chi connectivity index (χ0n) is 17.6. The lowest BCUT2D eigenvalue weighted by Crippen LogP contribution is -2.41. The number of amides is 1. The molecule has 0 radical (unpaired) electrons. The van der Waals surface area contributed by atoms with E-state index in [4.69, 9.17) is 21.1 Å². The van der Waals surface area contributed by atoms with Gasteiger partial charge in [-0.1, -0.05) is 11.6 Å². The van der Waals surface area contributed by atoms with Crippen LogP contribution in [-0.4, -0.2) is 45.8 Å². The van der Waals surface area contributed by atoms with E-state index in [9.17, 15) is 14.7 Å². The van der Waals surface area contributed by atoms with Crippen LogP contribution in [-0.2, 0) is 9.53 Å². The number of pyridine rings is 1. The Hall–Kier alpha value is -3.26. The van der Waals surface area contributed by atoms with E-state index in [1.165, 1.54) is 26.3 Å². The molecule has 0 aliphatic carbocycles. The molecule has 1 amide bonds. The summed E-state index contributed by atoms with van der Waals surface area (Å²) in [6, 6.07) is 7.86. The van der Waals surface area contributed by atoms with Crippen molar-refractivity contribution in [1.29, 1.82) is 0 Å². The zero-order chi connectivity index (χ0) is 22.7. The number of benzene rings is 1. The topological polar surface area (TPSA) is 103 Å². The third-order valence-electron chi connectivity index (χ3n) is 5.13. The number of ether oxygens (including phenoxy) is 2. The molecular formula is C22H24ClN3O5. The van der Waals surface area contributed by atoms with E-state index in [-0.39, 0.29) is 17.5 Å². The Labute approximate surface area is 184 Å². The fourth-order valence-electron chi connectivity index (χ4n) is 3.19. The number of esters is 1. The number of halogens is 1. The lowest BCUT2D eigenvalue weighted by atomic mass is 10.2. The number of methoxy groups -OCH3 is 1. The standard InChI is InChI=1S/C22H24ClN3O5/c1-12(25-21(28)19-20(27)18(30-4)7-9-24-19)22(29)31-14(3)13(2)26-10-8-15-11-16(23)5-6-17(15)26/h5-14,27H,1-4H3,(H,25,28)/t12-,13?,14?/m0/s1. The summed E-state index contributed by atoms with van der Waals surface area (Å²) in [4.78, 5) is 28.8. The lowest BCUT2D eigenvalue weighted by molar-refractivity contribution is -0.151. The molecular weight excluding hydrogens is 422 g/mol. The molecule has 2 heterocycles. The summed E-state index contributed by atoms with van der Waals surface area (Å²) in [6.45, 7) is 5.23. The molecule has 3 aromatic rings. The number of hydrogen-bond acceptors (Lipinski definition) is 6. The molecule has 3 atom stereocenters. The first-order chi connectivity index (χ1) is 14.7. The first-order valence-corrected chi connectivity index (χ1v) is 10.1. The number of aromatic nitrogens is 2. The van der Waals surface area contributed by atoms with Gasteiger partial charge in [-0.15, -0.1) is 0 Å². The summed E-state index contributed by atoms with van der Waals surface area (Å²) < 4.78 is 12.5. The van der Waals surface area contributed by atoms with E-state index in [0.717, 1.165) is 10.9 Å². The monoisotopic (exact) mass is 445 g/mol. The fourth-order valence-corrected chi connectivity index (χ4v) is 3.37. The Morgan fingerprint density at radius 2 is 1.94 bits per heavy atom. The Bertz CT molecular complexity index is 1110. The molecule has 8 nitrogen and oxygen atoms in total. The molecule has 0 bridgehead atoms. The van der Waals surface area contributed by atoms with Gasteiger partial charge in [0.2, 0.25) is 0 Å². The molecule has 0 saturated heterocycles. The van der Waals surface area contributed by atoms with Crippen LogP contribution in [0.2, 0.25) is 5.02 Å². The van der Waals surface area contributed by atoms with Crippen LogP contribution in [0.15, 0.2) is 42.7 Å². The van der Waals surface area contributed by atoms with Crippen molar-refractivity contribution in [2.45, 2.75) is 39.0 Å². The van der Waals surface area contributed by atoms with Crippen molar-refractivity contribution in [3.63, 3.8) is 0 Å². The summed E-state index contributed by atoms with van der Waals surface area (Å²) in [5.41, 5.74) is 0.735. The predicted molar refractivity (Wildman–Crippen MR) is 117 cm³/mol. The van der Waals surface area contributed by atoms with Gasteiger partial charge in [0.15, 0.2) is 17.2 Å². The molecule has 3 rings (SSSR count). The van der Waals surface area contributed by atoms with E-state index in [1.807, 2.05) is 42.0 Å². The second-order valence-corrected chi connectivity index (χ2v) is 7.65. The van der Waals surface area contributed by atoms with Crippen molar-refractivity contribution in [3.05, 3.63) is 53.4 Å². The first-order valence-electron chi connectivity index (χ1n) is 9.72. The van der Waals surface area contributed by atoms with E-state index in [1.54, 1.807) is 6.92 Å². The van der Waals surface area contributed by atoms with Crippen LogP contribution in [0, 0.1) is 0 Å². The van der Waals surface area contributed by atoms with Crippen LogP contribution in [0.4, 0.5) is 0 Å². The number of nitrogens with one attached hydrogen (secondary N) is 1. The highest BCUT2D eigenvalue weighted by Crippen LogP contribution is 2.28. The average molecular weight is 446 g/mol. The Balaban J connectivity index is 1.65. The summed E-state index contributed by atoms with van der Waals surface area (Å²) in [6.07, 6.45) is 2.77. The third kappa shape index (κ3) is 4.74. The van der Waals surface area contributed by atoms with Gasteiger partial charge in [-0.2, -0.15) is 0 Å². The number of fused-ring (bicyclic) bond motifs is 1. The van der Waals surface area contributed by atoms with Gasteiger partial charge < -0.3 is 24.5 Å². The Kier molecular flexibility index (Phi) is 6.70. The highest BCUT2D eigenvalue weighted by Gasteiger charge is 2.26. The van der Waals surface area contributed by atoms with Crippen molar-refractivity contribution >= 4 is 34.4 Å². The Morgan fingerprint density at radius 3 is 2.65 bits per heavy atom. The number of nitrogens with zero attached hydrogens (tertiary/aromatic N) is 2. The normalized spacial score (nSPS) is 14.0. The van der Waals surface area contributed by atoms with Gasteiger partial charge in [-0.05, 0) is 45.0 Å². The van der Waals surface area contributed by atoms with Crippen LogP contribution in [0.1, 0.15) is 37.3 Å². The van der Waals surface area contributed by atoms with Crippen molar-refractivity contribution in [2.24, 2.45) is 0 Å². The lowest BCUT2D eigenvalue weighted by Gasteiger charge is -2.24. The Morgan fingerprint density at radius 1 is 1.19 bits per heavy atom. The maximum atomic E-state index is 12.5. The van der Waals surface area contributed by atoms with Crippen molar-refractivity contribution in [1.82, 2.24) is 14.9 Å². The van der Waals surface area contributed by atoms with Crippen LogP contribution in [0.25, 0.3) is 10.9 Å². The van der Waals surface area contributed by atoms with Crippen LogP contribution < -0.4 is 10.1 Å². The number of carbonyl (C=O) groups excluding carboxylic acids is 2. The fraction of sp³-hybridized carbons (Fsp3) is 0.318. The molecule has 31 heavy (non-hydrogen) atoms. The van der Waals surface area contributed by atoms with E-state index in [0.29, 0.717) is 5.02 Å². The van der Waals surface area contributed by atoms with Gasteiger partial charge in [0.25, 0.3) is 5.91 Å². The van der Waals surface area contributed by atoms with Crippen LogP contribution >= 0.6 is 11.6 Å². The number of carbonyl (C=O) groups is 2. The second-order valence-electron chi connectivity index (χ2n) is 7.21. The minimum absolute atomic E-state index is 0.109. The number of rotatable bonds is 7. The molecule has 0 aliphatic heterocycles. The van der Waals surface area contributed by atoms with E-state index >= 15 is 0 Å². The molecule has 0 spiro atoms. The van der Waals surface area contributed by atoms with Gasteiger partial charge in [-0.3, -0.25) is 4.79 Å². The SMILES string of the molecule is COc1ccnc(C(=O)N[C@@H](C)C(=O)OC(C)C(C)n2ccc3cc(Cl)ccc32)c1O. The summed E-state index contributed by atoms with van der Waals surface area (Å²) in [5, 5.41) is 14.2. The number of hydrogen-bond donors (Lipinski definition) is 2. The minimum Gasteiger partial charge on any atom is -0.503 e. The molecule has 164 valence electrons. The molecule has 2 unspecified atom stereocenters. The van der Waals surface area contributed by atoms with Gasteiger partial charge in [0, 0.05) is 34.4 Å². The van der Waals surface area contributed by atoms with Crippen LogP contribution in [0.5, 0.6) is 11.5 Å². The third-order valence-corrected chi connectivity index (χ3v) is 5.36. The maximum absolute atomic E-state index is 12.5. The van der Waals surface area contributed by atoms with E-state index < -0.39 is 29.8 Å². The summed E-state index contributed by atoms with van der Waals surface area (Å²) in [5.74, 6) is -1.60. The first kappa shape index (κ1) is 22.4. The molecule has 0 saturated carbocycles. The van der Waals surface area contributed by atoms with Crippen LogP contribution in [0.3, 0.4) is 0 Å². The molecule has 9 heteroatoms. The molecule has 2 aromatic heterocycles. The predicted octanol–water partition coefficient (Wildman–Crippen LogP) is 3.72. The van der Waals surface area contributed by atoms with Gasteiger partial charge >= 0.3 is 5.97 Å². The summed E-state index contributed by atoms with van der Waals surface area (Å²) in [7, 11) is 1.36. The highest BCUT2D eigenvalue weighted by molar-refractivity contribution is 6.31. The largest absolute Gasteiger partial charge is 0.503 e. The zero-order valence-corrected chi connectivity index (χ0v) is 18.4.